The molecule has 0 bridgehead atoms. The maximum atomic E-state index is 12.3. The van der Waals surface area contributed by atoms with E-state index in [0.717, 1.165) is 15.0 Å². The summed E-state index contributed by atoms with van der Waals surface area (Å²) >= 11 is 7.81. The molecular formula is C22H19ClN2O4S. The summed E-state index contributed by atoms with van der Waals surface area (Å²) in [4.78, 5) is 36.1. The van der Waals surface area contributed by atoms with Gasteiger partial charge in [-0.2, -0.15) is 0 Å². The highest BCUT2D eigenvalue weighted by Gasteiger charge is 2.17. The van der Waals surface area contributed by atoms with E-state index in [1.807, 2.05) is 24.3 Å². The van der Waals surface area contributed by atoms with Crippen molar-refractivity contribution < 1.29 is 19.1 Å². The number of thiophene rings is 1. The first kappa shape index (κ1) is 21.5. The molecule has 2 amide bonds. The van der Waals surface area contributed by atoms with Crippen molar-refractivity contribution in [2.24, 2.45) is 0 Å². The molecule has 0 spiro atoms. The van der Waals surface area contributed by atoms with Crippen LogP contribution in [0.5, 0.6) is 0 Å². The van der Waals surface area contributed by atoms with Crippen molar-refractivity contribution in [2.45, 2.75) is 20.0 Å². The Labute approximate surface area is 182 Å². The fourth-order valence-electron chi connectivity index (χ4n) is 2.63. The zero-order valence-corrected chi connectivity index (χ0v) is 17.8. The van der Waals surface area contributed by atoms with Gasteiger partial charge in [0.15, 0.2) is 6.10 Å². The molecule has 6 nitrogen and oxygen atoms in total. The first-order chi connectivity index (χ1) is 14.3. The Kier molecular flexibility index (Phi) is 6.87. The van der Waals surface area contributed by atoms with Gasteiger partial charge >= 0.3 is 5.97 Å². The van der Waals surface area contributed by atoms with E-state index in [4.69, 9.17) is 16.3 Å². The SMILES string of the molecule is CC(=O)Nc1ccc(NC(=O)C(C)OC(=O)/C=C/c2sc3ccccc3c2Cl)cc1. The molecule has 8 heteroatoms. The van der Waals surface area contributed by atoms with Gasteiger partial charge in [-0.15, -0.1) is 11.3 Å². The Balaban J connectivity index is 1.56. The monoisotopic (exact) mass is 442 g/mol. The number of rotatable bonds is 6. The number of anilines is 2. The molecule has 154 valence electrons. The minimum absolute atomic E-state index is 0.183. The van der Waals surface area contributed by atoms with Crippen LogP contribution < -0.4 is 10.6 Å². The minimum atomic E-state index is -0.991. The largest absolute Gasteiger partial charge is 0.449 e. The van der Waals surface area contributed by atoms with Gasteiger partial charge in [0.2, 0.25) is 5.91 Å². The van der Waals surface area contributed by atoms with Crippen LogP contribution in [0.4, 0.5) is 11.4 Å². The highest BCUT2D eigenvalue weighted by molar-refractivity contribution is 7.20. The van der Waals surface area contributed by atoms with Gasteiger partial charge in [0.25, 0.3) is 5.91 Å². The maximum Gasteiger partial charge on any atom is 0.331 e. The Hall–Kier alpha value is -3.16. The maximum absolute atomic E-state index is 12.3. The van der Waals surface area contributed by atoms with Crippen LogP contribution in [0.2, 0.25) is 5.02 Å². The lowest BCUT2D eigenvalue weighted by atomic mass is 10.2. The quantitative estimate of drug-likeness (QED) is 0.411. The molecule has 1 heterocycles. The molecule has 1 unspecified atom stereocenters. The Morgan fingerprint density at radius 3 is 2.30 bits per heavy atom. The number of benzene rings is 2. The van der Waals surface area contributed by atoms with Crippen molar-refractivity contribution in [2.75, 3.05) is 10.6 Å². The van der Waals surface area contributed by atoms with Crippen molar-refractivity contribution in [3.8, 4) is 0 Å². The number of fused-ring (bicyclic) bond motifs is 1. The molecule has 3 aromatic rings. The van der Waals surface area contributed by atoms with Crippen LogP contribution in [0.1, 0.15) is 18.7 Å². The number of carbonyl (C=O) groups excluding carboxylic acids is 3. The van der Waals surface area contributed by atoms with Gasteiger partial charge in [0.1, 0.15) is 0 Å². The molecule has 3 rings (SSSR count). The number of halogens is 1. The van der Waals surface area contributed by atoms with Crippen LogP contribution in [0.15, 0.2) is 54.6 Å². The van der Waals surface area contributed by atoms with Crippen LogP contribution in [0.3, 0.4) is 0 Å². The van der Waals surface area contributed by atoms with Gasteiger partial charge in [-0.05, 0) is 43.3 Å². The van der Waals surface area contributed by atoms with E-state index in [2.05, 4.69) is 10.6 Å². The number of amides is 2. The summed E-state index contributed by atoms with van der Waals surface area (Å²) in [6, 6.07) is 14.3. The summed E-state index contributed by atoms with van der Waals surface area (Å²) < 4.78 is 6.18. The molecule has 0 aliphatic rings. The third kappa shape index (κ3) is 5.46. The lowest BCUT2D eigenvalue weighted by molar-refractivity contribution is -0.148. The molecule has 0 saturated heterocycles. The zero-order valence-electron chi connectivity index (χ0n) is 16.3. The molecule has 0 radical (unpaired) electrons. The van der Waals surface area contributed by atoms with Gasteiger partial charge in [-0.25, -0.2) is 4.79 Å². The standard InChI is InChI=1S/C22H19ClN2O4S/c1-13(22(28)25-16-9-7-15(8-10-16)24-14(2)26)29-20(27)12-11-19-21(23)17-5-3-4-6-18(17)30-19/h3-13H,1-2H3,(H,24,26)(H,25,28)/b12-11+. The van der Waals surface area contributed by atoms with Crippen molar-refractivity contribution in [1.82, 2.24) is 0 Å². The lowest BCUT2D eigenvalue weighted by Gasteiger charge is -2.12. The Bertz CT molecular complexity index is 1120. The summed E-state index contributed by atoms with van der Waals surface area (Å²) in [6.45, 7) is 2.90. The lowest BCUT2D eigenvalue weighted by Crippen LogP contribution is -2.29. The van der Waals surface area contributed by atoms with E-state index in [-0.39, 0.29) is 5.91 Å². The smallest absolute Gasteiger partial charge is 0.331 e. The van der Waals surface area contributed by atoms with Crippen LogP contribution in [0, 0.1) is 0 Å². The van der Waals surface area contributed by atoms with Gasteiger partial charge in [-0.3, -0.25) is 9.59 Å². The number of nitrogens with one attached hydrogen (secondary N) is 2. The molecule has 30 heavy (non-hydrogen) atoms. The number of esters is 1. The normalized spacial score (nSPS) is 12.0. The fourth-order valence-corrected chi connectivity index (χ4v) is 4.03. The number of hydrogen-bond acceptors (Lipinski definition) is 5. The predicted octanol–water partition coefficient (Wildman–Crippen LogP) is 5.10. The second-order valence-electron chi connectivity index (χ2n) is 6.44. The molecule has 0 aliphatic heterocycles. The van der Waals surface area contributed by atoms with Gasteiger partial charge < -0.3 is 15.4 Å². The van der Waals surface area contributed by atoms with Gasteiger partial charge in [-0.1, -0.05) is 29.8 Å². The summed E-state index contributed by atoms with van der Waals surface area (Å²) in [6.07, 6.45) is 1.85. The van der Waals surface area contributed by atoms with Crippen LogP contribution in [-0.2, 0) is 19.1 Å². The van der Waals surface area contributed by atoms with Crippen molar-refractivity contribution >= 4 is 68.3 Å². The van der Waals surface area contributed by atoms with E-state index < -0.39 is 18.0 Å². The average Bonchev–Trinajstić information content (AvgIpc) is 3.03. The third-order valence-corrected chi connectivity index (χ3v) is 5.72. The summed E-state index contributed by atoms with van der Waals surface area (Å²) in [5, 5.41) is 6.80. The van der Waals surface area contributed by atoms with E-state index in [1.165, 1.54) is 31.3 Å². The highest BCUT2D eigenvalue weighted by atomic mass is 35.5. The second kappa shape index (κ2) is 9.56. The first-order valence-corrected chi connectivity index (χ1v) is 10.3. The number of ether oxygens (including phenoxy) is 1. The average molecular weight is 443 g/mol. The highest BCUT2D eigenvalue weighted by Crippen LogP contribution is 2.35. The molecule has 2 N–H and O–H groups in total. The Morgan fingerprint density at radius 1 is 1.03 bits per heavy atom. The van der Waals surface area contributed by atoms with Crippen LogP contribution >= 0.6 is 22.9 Å². The van der Waals surface area contributed by atoms with Gasteiger partial charge in [0, 0.05) is 39.3 Å². The summed E-state index contributed by atoms with van der Waals surface area (Å²) in [5.74, 6) is -1.30. The fraction of sp³-hybridized carbons (Fsp3) is 0.136. The summed E-state index contributed by atoms with van der Waals surface area (Å²) in [5.41, 5.74) is 1.13. The molecule has 1 atom stereocenters. The van der Waals surface area contributed by atoms with E-state index in [1.54, 1.807) is 30.3 Å². The molecule has 1 aromatic heterocycles. The van der Waals surface area contributed by atoms with E-state index in [0.29, 0.717) is 16.4 Å². The van der Waals surface area contributed by atoms with E-state index in [9.17, 15) is 14.4 Å². The topological polar surface area (TPSA) is 84.5 Å². The molecule has 0 aliphatic carbocycles. The molecular weight excluding hydrogens is 424 g/mol. The van der Waals surface area contributed by atoms with E-state index >= 15 is 0 Å². The van der Waals surface area contributed by atoms with Crippen molar-refractivity contribution in [1.29, 1.82) is 0 Å². The van der Waals surface area contributed by atoms with Gasteiger partial charge in [0.05, 0.1) is 5.02 Å². The number of hydrogen-bond donors (Lipinski definition) is 2. The Morgan fingerprint density at radius 2 is 1.67 bits per heavy atom. The summed E-state index contributed by atoms with van der Waals surface area (Å²) in [7, 11) is 0. The molecule has 2 aromatic carbocycles. The number of carbonyl (C=O) groups is 3. The van der Waals surface area contributed by atoms with Crippen LogP contribution in [-0.4, -0.2) is 23.9 Å². The third-order valence-electron chi connectivity index (χ3n) is 4.07. The molecule has 0 saturated carbocycles. The van der Waals surface area contributed by atoms with Crippen LogP contribution in [0.25, 0.3) is 16.2 Å². The zero-order chi connectivity index (χ0) is 21.7. The first-order valence-electron chi connectivity index (χ1n) is 9.07. The minimum Gasteiger partial charge on any atom is -0.449 e. The molecule has 0 fully saturated rings. The van der Waals surface area contributed by atoms with Crippen molar-refractivity contribution in [3.05, 3.63) is 64.5 Å². The second-order valence-corrected chi connectivity index (χ2v) is 7.90. The predicted molar refractivity (Wildman–Crippen MR) is 121 cm³/mol. The van der Waals surface area contributed by atoms with Crippen molar-refractivity contribution in [3.63, 3.8) is 0 Å².